The number of aryl methyl sites for hydroxylation is 1. The standard InChI is InChI=1S/C14H12N4O2/c1-9-13(18(19)20)14(17-16-9)15-12-8-4-6-10-5-2-3-7-11(10)12/h2-8H,1H3,(H2,15,16,17). The first-order chi connectivity index (χ1) is 9.66. The van der Waals surface area contributed by atoms with Gasteiger partial charge in [0.05, 0.1) is 4.92 Å². The number of H-pyrrole nitrogens is 1. The zero-order chi connectivity index (χ0) is 14.1. The first kappa shape index (κ1) is 12.2. The van der Waals surface area contributed by atoms with Crippen molar-refractivity contribution in [2.75, 3.05) is 5.32 Å². The molecule has 3 rings (SSSR count). The highest BCUT2D eigenvalue weighted by molar-refractivity contribution is 5.95. The second kappa shape index (κ2) is 4.65. The molecule has 0 aliphatic heterocycles. The summed E-state index contributed by atoms with van der Waals surface area (Å²) in [5.74, 6) is 0.226. The van der Waals surface area contributed by atoms with E-state index in [-0.39, 0.29) is 11.5 Å². The van der Waals surface area contributed by atoms with Gasteiger partial charge in [0.1, 0.15) is 5.69 Å². The molecule has 20 heavy (non-hydrogen) atoms. The summed E-state index contributed by atoms with van der Waals surface area (Å²) in [4.78, 5) is 10.6. The van der Waals surface area contributed by atoms with Crippen LogP contribution in [0, 0.1) is 17.0 Å². The molecule has 6 nitrogen and oxygen atoms in total. The van der Waals surface area contributed by atoms with E-state index in [2.05, 4.69) is 15.5 Å². The van der Waals surface area contributed by atoms with Crippen LogP contribution in [0.25, 0.3) is 10.8 Å². The van der Waals surface area contributed by atoms with Gasteiger partial charge in [0, 0.05) is 11.1 Å². The summed E-state index contributed by atoms with van der Waals surface area (Å²) in [6.07, 6.45) is 0. The summed E-state index contributed by atoms with van der Waals surface area (Å²) >= 11 is 0. The van der Waals surface area contributed by atoms with Crippen LogP contribution in [0.2, 0.25) is 0 Å². The fourth-order valence-corrected chi connectivity index (χ4v) is 2.20. The Hall–Kier alpha value is -2.89. The molecule has 0 fully saturated rings. The Morgan fingerprint density at radius 3 is 2.75 bits per heavy atom. The number of aromatic nitrogens is 2. The van der Waals surface area contributed by atoms with Gasteiger partial charge in [-0.2, -0.15) is 0 Å². The van der Waals surface area contributed by atoms with Crippen molar-refractivity contribution in [3.05, 3.63) is 58.3 Å². The van der Waals surface area contributed by atoms with Gasteiger partial charge in [-0.25, -0.2) is 0 Å². The minimum atomic E-state index is -0.438. The normalized spacial score (nSPS) is 10.7. The molecule has 1 heterocycles. The predicted molar refractivity (Wildman–Crippen MR) is 77.2 cm³/mol. The number of nitro groups is 1. The SMILES string of the molecule is Cc1[nH]nc(Nc2cccc3ccccc23)c1[N+](=O)[O-]. The van der Waals surface area contributed by atoms with E-state index in [0.29, 0.717) is 5.69 Å². The molecule has 1 aromatic heterocycles. The monoisotopic (exact) mass is 268 g/mol. The van der Waals surface area contributed by atoms with Crippen LogP contribution in [0.15, 0.2) is 42.5 Å². The van der Waals surface area contributed by atoms with Crippen molar-refractivity contribution in [2.24, 2.45) is 0 Å². The van der Waals surface area contributed by atoms with Gasteiger partial charge in [-0.05, 0) is 18.4 Å². The van der Waals surface area contributed by atoms with Gasteiger partial charge in [-0.15, -0.1) is 5.10 Å². The molecule has 3 aromatic rings. The molecular weight excluding hydrogens is 256 g/mol. The Morgan fingerprint density at radius 1 is 1.20 bits per heavy atom. The molecule has 2 N–H and O–H groups in total. The molecule has 0 spiro atoms. The zero-order valence-electron chi connectivity index (χ0n) is 10.8. The molecule has 0 aliphatic carbocycles. The van der Waals surface area contributed by atoms with Gasteiger partial charge in [-0.3, -0.25) is 15.2 Å². The lowest BCUT2D eigenvalue weighted by Crippen LogP contribution is -1.97. The molecule has 0 saturated heterocycles. The average molecular weight is 268 g/mol. The van der Waals surface area contributed by atoms with Crippen LogP contribution in [-0.2, 0) is 0 Å². The predicted octanol–water partition coefficient (Wildman–Crippen LogP) is 3.52. The Balaban J connectivity index is 2.08. The quantitative estimate of drug-likeness (QED) is 0.562. The number of rotatable bonds is 3. The van der Waals surface area contributed by atoms with Gasteiger partial charge >= 0.3 is 5.69 Å². The minimum absolute atomic E-state index is 0.0297. The smallest absolute Gasteiger partial charge is 0.332 e. The molecule has 0 aliphatic rings. The maximum Gasteiger partial charge on any atom is 0.333 e. The van der Waals surface area contributed by atoms with E-state index >= 15 is 0 Å². The Labute approximate surface area is 114 Å². The topological polar surface area (TPSA) is 83.8 Å². The highest BCUT2D eigenvalue weighted by Gasteiger charge is 2.21. The molecule has 0 unspecified atom stereocenters. The van der Waals surface area contributed by atoms with Gasteiger partial charge in [-0.1, -0.05) is 36.4 Å². The summed E-state index contributed by atoms with van der Waals surface area (Å²) < 4.78 is 0. The van der Waals surface area contributed by atoms with E-state index in [1.54, 1.807) is 6.92 Å². The Morgan fingerprint density at radius 2 is 1.95 bits per heavy atom. The van der Waals surface area contributed by atoms with E-state index in [1.807, 2.05) is 42.5 Å². The lowest BCUT2D eigenvalue weighted by Gasteiger charge is -2.07. The first-order valence-electron chi connectivity index (χ1n) is 6.11. The third-order valence-corrected chi connectivity index (χ3v) is 3.14. The highest BCUT2D eigenvalue weighted by atomic mass is 16.6. The number of aromatic amines is 1. The molecule has 0 bridgehead atoms. The Kier molecular flexibility index (Phi) is 2.83. The van der Waals surface area contributed by atoms with E-state index in [9.17, 15) is 10.1 Å². The molecule has 2 aromatic carbocycles. The Bertz CT molecular complexity index is 789. The number of anilines is 2. The van der Waals surface area contributed by atoms with Crippen molar-refractivity contribution in [3.8, 4) is 0 Å². The highest BCUT2D eigenvalue weighted by Crippen LogP contribution is 2.31. The molecule has 0 saturated carbocycles. The largest absolute Gasteiger partial charge is 0.333 e. The van der Waals surface area contributed by atoms with Crippen LogP contribution >= 0.6 is 0 Å². The number of fused-ring (bicyclic) bond motifs is 1. The summed E-state index contributed by atoms with van der Waals surface area (Å²) in [5.41, 5.74) is 1.19. The van der Waals surface area contributed by atoms with E-state index in [1.165, 1.54) is 0 Å². The van der Waals surface area contributed by atoms with E-state index in [4.69, 9.17) is 0 Å². The van der Waals surface area contributed by atoms with Crippen LogP contribution in [0.1, 0.15) is 5.69 Å². The van der Waals surface area contributed by atoms with Crippen molar-refractivity contribution < 1.29 is 4.92 Å². The second-order valence-electron chi connectivity index (χ2n) is 4.45. The molecule has 6 heteroatoms. The summed E-state index contributed by atoms with van der Waals surface area (Å²) in [6.45, 7) is 1.62. The fraction of sp³-hybridized carbons (Fsp3) is 0.0714. The van der Waals surface area contributed by atoms with Crippen LogP contribution in [0.3, 0.4) is 0 Å². The van der Waals surface area contributed by atoms with Crippen LogP contribution in [0.5, 0.6) is 0 Å². The van der Waals surface area contributed by atoms with Crippen molar-refractivity contribution in [1.29, 1.82) is 0 Å². The summed E-state index contributed by atoms with van der Waals surface area (Å²) in [5, 5.41) is 22.7. The molecule has 100 valence electrons. The summed E-state index contributed by atoms with van der Waals surface area (Å²) in [6, 6.07) is 13.6. The van der Waals surface area contributed by atoms with Crippen LogP contribution in [0.4, 0.5) is 17.2 Å². The minimum Gasteiger partial charge on any atom is -0.332 e. The lowest BCUT2D eigenvalue weighted by molar-refractivity contribution is -0.384. The van der Waals surface area contributed by atoms with Gasteiger partial charge < -0.3 is 5.32 Å². The number of benzene rings is 2. The van der Waals surface area contributed by atoms with Crippen molar-refractivity contribution in [3.63, 3.8) is 0 Å². The third-order valence-electron chi connectivity index (χ3n) is 3.14. The molecule has 0 radical (unpaired) electrons. The summed E-state index contributed by atoms with van der Waals surface area (Å²) in [7, 11) is 0. The second-order valence-corrected chi connectivity index (χ2v) is 4.45. The fourth-order valence-electron chi connectivity index (χ4n) is 2.20. The number of nitrogens with one attached hydrogen (secondary N) is 2. The van der Waals surface area contributed by atoms with Gasteiger partial charge in [0.15, 0.2) is 0 Å². The first-order valence-corrected chi connectivity index (χ1v) is 6.11. The molecular formula is C14H12N4O2. The van der Waals surface area contributed by atoms with Crippen LogP contribution in [-0.4, -0.2) is 15.1 Å². The van der Waals surface area contributed by atoms with E-state index < -0.39 is 4.92 Å². The molecule has 0 atom stereocenters. The van der Waals surface area contributed by atoms with Crippen molar-refractivity contribution >= 4 is 28.0 Å². The number of hydrogen-bond donors (Lipinski definition) is 2. The van der Waals surface area contributed by atoms with Gasteiger partial charge in [0.25, 0.3) is 0 Å². The zero-order valence-corrected chi connectivity index (χ0v) is 10.8. The van der Waals surface area contributed by atoms with Gasteiger partial charge in [0.2, 0.25) is 5.82 Å². The van der Waals surface area contributed by atoms with Crippen molar-refractivity contribution in [1.82, 2.24) is 10.2 Å². The maximum atomic E-state index is 11.1. The van der Waals surface area contributed by atoms with E-state index in [0.717, 1.165) is 16.5 Å². The number of nitrogens with zero attached hydrogens (tertiary/aromatic N) is 2. The number of hydrogen-bond acceptors (Lipinski definition) is 4. The van der Waals surface area contributed by atoms with Crippen molar-refractivity contribution in [2.45, 2.75) is 6.92 Å². The lowest BCUT2D eigenvalue weighted by atomic mass is 10.1. The third kappa shape index (κ3) is 1.97. The average Bonchev–Trinajstić information content (AvgIpc) is 2.80. The maximum absolute atomic E-state index is 11.1. The van der Waals surface area contributed by atoms with Crippen LogP contribution < -0.4 is 5.32 Å². The molecule has 0 amide bonds.